The van der Waals surface area contributed by atoms with Gasteiger partial charge in [0.1, 0.15) is 11.6 Å². The smallest absolute Gasteiger partial charge is 0.266 e. The van der Waals surface area contributed by atoms with E-state index in [-0.39, 0.29) is 28.3 Å². The topological polar surface area (TPSA) is 58.4 Å². The van der Waals surface area contributed by atoms with E-state index in [1.165, 1.54) is 22.8 Å². The summed E-state index contributed by atoms with van der Waals surface area (Å²) in [6.45, 7) is 1.95. The SMILES string of the molecule is O=C(CSc1nc2ccccc2c(=O)n1-c1ccccc1F)N1CCN(c2ccccc2F)CC1. The molecule has 1 aromatic heterocycles. The van der Waals surface area contributed by atoms with E-state index in [2.05, 4.69) is 4.98 Å². The molecule has 4 aromatic rings. The molecule has 5 rings (SSSR count). The van der Waals surface area contributed by atoms with Crippen LogP contribution in [0.3, 0.4) is 0 Å². The second-order valence-corrected chi connectivity index (χ2v) is 9.05. The number of piperazine rings is 1. The fourth-order valence-corrected chi connectivity index (χ4v) is 5.09. The van der Waals surface area contributed by atoms with Gasteiger partial charge < -0.3 is 9.80 Å². The fraction of sp³-hybridized carbons (Fsp3) is 0.192. The average Bonchev–Trinajstić information content (AvgIpc) is 2.88. The first-order chi connectivity index (χ1) is 17.0. The first kappa shape index (κ1) is 23.0. The highest BCUT2D eigenvalue weighted by Gasteiger charge is 2.24. The number of anilines is 1. The van der Waals surface area contributed by atoms with Gasteiger partial charge in [0, 0.05) is 26.2 Å². The zero-order valence-electron chi connectivity index (χ0n) is 18.7. The molecule has 0 saturated carbocycles. The van der Waals surface area contributed by atoms with Crippen LogP contribution in [0.2, 0.25) is 0 Å². The lowest BCUT2D eigenvalue weighted by Crippen LogP contribution is -2.49. The number of halogens is 2. The van der Waals surface area contributed by atoms with Crippen LogP contribution in [0, 0.1) is 11.6 Å². The Balaban J connectivity index is 1.35. The lowest BCUT2D eigenvalue weighted by Gasteiger charge is -2.36. The van der Waals surface area contributed by atoms with Crippen molar-refractivity contribution in [2.24, 2.45) is 0 Å². The summed E-state index contributed by atoms with van der Waals surface area (Å²) >= 11 is 1.10. The predicted molar refractivity (Wildman–Crippen MR) is 133 cm³/mol. The molecule has 0 unspecified atom stereocenters. The van der Waals surface area contributed by atoms with E-state index in [1.807, 2.05) is 4.90 Å². The van der Waals surface area contributed by atoms with Crippen LogP contribution in [-0.4, -0.2) is 52.3 Å². The molecule has 0 bridgehead atoms. The Morgan fingerprint density at radius 3 is 2.11 bits per heavy atom. The lowest BCUT2D eigenvalue weighted by atomic mass is 10.2. The Hall–Kier alpha value is -3.72. The van der Waals surface area contributed by atoms with Crippen LogP contribution >= 0.6 is 11.8 Å². The molecule has 0 radical (unpaired) electrons. The van der Waals surface area contributed by atoms with E-state index >= 15 is 0 Å². The molecule has 1 aliphatic rings. The molecule has 1 fully saturated rings. The summed E-state index contributed by atoms with van der Waals surface area (Å²) in [7, 11) is 0. The Kier molecular flexibility index (Phi) is 6.50. The van der Waals surface area contributed by atoms with Crippen molar-refractivity contribution in [3.63, 3.8) is 0 Å². The number of nitrogens with zero attached hydrogens (tertiary/aromatic N) is 4. The molecular weight excluding hydrogens is 470 g/mol. The summed E-state index contributed by atoms with van der Waals surface area (Å²) < 4.78 is 30.0. The van der Waals surface area contributed by atoms with Gasteiger partial charge in [0.05, 0.1) is 28.0 Å². The van der Waals surface area contributed by atoms with Crippen molar-refractivity contribution in [1.82, 2.24) is 14.5 Å². The number of amides is 1. The standard InChI is InChI=1S/C26H22F2N4O2S/c27-19-8-2-5-11-22(19)30-13-15-31(16-14-30)24(33)17-35-26-29-21-10-4-1-7-18(21)25(34)32(26)23-12-6-3-9-20(23)28/h1-12H,13-17H2. The van der Waals surface area contributed by atoms with Crippen LogP contribution in [0.25, 0.3) is 16.6 Å². The largest absolute Gasteiger partial charge is 0.366 e. The minimum Gasteiger partial charge on any atom is -0.366 e. The molecule has 3 aromatic carbocycles. The zero-order valence-corrected chi connectivity index (χ0v) is 19.5. The molecule has 6 nitrogen and oxygen atoms in total. The predicted octanol–water partition coefficient (Wildman–Crippen LogP) is 4.10. The summed E-state index contributed by atoms with van der Waals surface area (Å²) in [5.41, 5.74) is 0.708. The lowest BCUT2D eigenvalue weighted by molar-refractivity contribution is -0.128. The van der Waals surface area contributed by atoms with Gasteiger partial charge in [-0.25, -0.2) is 13.8 Å². The molecule has 2 heterocycles. The van der Waals surface area contributed by atoms with Crippen LogP contribution in [0.4, 0.5) is 14.5 Å². The molecule has 1 saturated heterocycles. The first-order valence-corrected chi connectivity index (χ1v) is 12.2. The molecule has 178 valence electrons. The van der Waals surface area contributed by atoms with Gasteiger partial charge in [-0.2, -0.15) is 0 Å². The molecule has 0 spiro atoms. The van der Waals surface area contributed by atoms with E-state index in [9.17, 15) is 18.4 Å². The van der Waals surface area contributed by atoms with E-state index < -0.39 is 11.4 Å². The van der Waals surface area contributed by atoms with Gasteiger partial charge in [0.15, 0.2) is 5.16 Å². The van der Waals surface area contributed by atoms with Crippen LogP contribution in [0.1, 0.15) is 0 Å². The molecule has 9 heteroatoms. The van der Waals surface area contributed by atoms with Crippen molar-refractivity contribution in [1.29, 1.82) is 0 Å². The number of hydrogen-bond donors (Lipinski definition) is 0. The second-order valence-electron chi connectivity index (χ2n) is 8.11. The Labute approximate surface area is 204 Å². The molecule has 35 heavy (non-hydrogen) atoms. The minimum atomic E-state index is -0.552. The number of fused-ring (bicyclic) bond motifs is 1. The maximum Gasteiger partial charge on any atom is 0.266 e. The third-order valence-corrected chi connectivity index (χ3v) is 6.91. The highest BCUT2D eigenvalue weighted by Crippen LogP contribution is 2.24. The van der Waals surface area contributed by atoms with Crippen LogP contribution in [0.15, 0.2) is 82.7 Å². The van der Waals surface area contributed by atoms with E-state index in [0.29, 0.717) is 42.8 Å². The number of carbonyl (C=O) groups excluding carboxylic acids is 1. The fourth-order valence-electron chi connectivity index (χ4n) is 4.18. The van der Waals surface area contributed by atoms with E-state index in [1.54, 1.807) is 59.5 Å². The second kappa shape index (κ2) is 9.87. The number of aromatic nitrogens is 2. The van der Waals surface area contributed by atoms with Crippen molar-refractivity contribution >= 4 is 34.3 Å². The summed E-state index contributed by atoms with van der Waals surface area (Å²) in [6.07, 6.45) is 0. The first-order valence-electron chi connectivity index (χ1n) is 11.2. The van der Waals surface area contributed by atoms with Crippen LogP contribution in [0.5, 0.6) is 0 Å². The number of para-hydroxylation sites is 3. The Morgan fingerprint density at radius 2 is 1.43 bits per heavy atom. The number of carbonyl (C=O) groups is 1. The minimum absolute atomic E-state index is 0.0406. The quantitative estimate of drug-likeness (QED) is 0.310. The normalized spacial score (nSPS) is 13.9. The van der Waals surface area contributed by atoms with Gasteiger partial charge in [-0.1, -0.05) is 48.2 Å². The monoisotopic (exact) mass is 492 g/mol. The molecule has 0 N–H and O–H groups in total. The van der Waals surface area contributed by atoms with Gasteiger partial charge >= 0.3 is 0 Å². The highest BCUT2D eigenvalue weighted by atomic mass is 32.2. The molecule has 0 aliphatic carbocycles. The molecule has 1 aliphatic heterocycles. The van der Waals surface area contributed by atoms with E-state index in [4.69, 9.17) is 0 Å². The third-order valence-electron chi connectivity index (χ3n) is 5.99. The number of hydrogen-bond acceptors (Lipinski definition) is 5. The van der Waals surface area contributed by atoms with Crippen molar-refractivity contribution in [3.05, 3.63) is 94.8 Å². The molecule has 0 atom stereocenters. The summed E-state index contributed by atoms with van der Waals surface area (Å²) in [4.78, 5) is 34.4. The summed E-state index contributed by atoms with van der Waals surface area (Å²) in [5.74, 6) is -0.912. The Morgan fingerprint density at radius 1 is 0.829 bits per heavy atom. The van der Waals surface area contributed by atoms with Crippen molar-refractivity contribution < 1.29 is 13.6 Å². The van der Waals surface area contributed by atoms with Crippen molar-refractivity contribution in [2.45, 2.75) is 5.16 Å². The maximum atomic E-state index is 14.6. The van der Waals surface area contributed by atoms with E-state index in [0.717, 1.165) is 11.8 Å². The average molecular weight is 493 g/mol. The van der Waals surface area contributed by atoms with Crippen LogP contribution < -0.4 is 10.5 Å². The number of benzene rings is 3. The van der Waals surface area contributed by atoms with Gasteiger partial charge in [-0.15, -0.1) is 0 Å². The Bertz CT molecular complexity index is 1450. The third kappa shape index (κ3) is 4.64. The van der Waals surface area contributed by atoms with Crippen molar-refractivity contribution in [2.75, 3.05) is 36.8 Å². The van der Waals surface area contributed by atoms with Crippen LogP contribution in [-0.2, 0) is 4.79 Å². The summed E-state index contributed by atoms with van der Waals surface area (Å²) in [6, 6.07) is 19.5. The van der Waals surface area contributed by atoms with Crippen molar-refractivity contribution in [3.8, 4) is 5.69 Å². The van der Waals surface area contributed by atoms with Gasteiger partial charge in [-0.05, 0) is 36.4 Å². The van der Waals surface area contributed by atoms with Gasteiger partial charge in [-0.3, -0.25) is 14.2 Å². The number of rotatable bonds is 5. The zero-order chi connectivity index (χ0) is 24.4. The van der Waals surface area contributed by atoms with Gasteiger partial charge in [0.25, 0.3) is 5.56 Å². The molecule has 1 amide bonds. The molecular formula is C26H22F2N4O2S. The summed E-state index contributed by atoms with van der Waals surface area (Å²) in [5, 5.41) is 0.618. The number of thioether (sulfide) groups is 1. The van der Waals surface area contributed by atoms with Gasteiger partial charge in [0.2, 0.25) is 5.91 Å². The maximum absolute atomic E-state index is 14.6. The highest BCUT2D eigenvalue weighted by molar-refractivity contribution is 7.99.